The molecule has 0 atom stereocenters. The number of nitrogens with two attached hydrogens (primary N) is 1. The summed E-state index contributed by atoms with van der Waals surface area (Å²) >= 11 is 0. The van der Waals surface area contributed by atoms with E-state index in [1.807, 2.05) is 6.07 Å². The van der Waals surface area contributed by atoms with Gasteiger partial charge in [-0.3, -0.25) is 4.90 Å². The number of hydrogen-bond donors (Lipinski definition) is 1. The molecular weight excluding hydrogens is 250 g/mol. The van der Waals surface area contributed by atoms with E-state index in [2.05, 4.69) is 35.8 Å². The molecule has 1 saturated heterocycles. The summed E-state index contributed by atoms with van der Waals surface area (Å²) in [6.07, 6.45) is 0. The summed E-state index contributed by atoms with van der Waals surface area (Å²) in [6, 6.07) is 6.18. The molecule has 4 nitrogen and oxygen atoms in total. The van der Waals surface area contributed by atoms with Gasteiger partial charge < -0.3 is 15.4 Å². The van der Waals surface area contributed by atoms with Gasteiger partial charge in [0.15, 0.2) is 0 Å². The fourth-order valence-corrected chi connectivity index (χ4v) is 2.83. The zero-order valence-electron chi connectivity index (χ0n) is 12.9. The smallest absolute Gasteiger partial charge is 0.120 e. The average Bonchev–Trinajstić information content (AvgIpc) is 2.46. The summed E-state index contributed by atoms with van der Waals surface area (Å²) < 4.78 is 5.34. The molecule has 4 heteroatoms. The number of ether oxygens (including phenoxy) is 1. The minimum atomic E-state index is 0.575. The van der Waals surface area contributed by atoms with Gasteiger partial charge in [-0.05, 0) is 17.5 Å². The van der Waals surface area contributed by atoms with Crippen LogP contribution >= 0.6 is 0 Å². The molecule has 112 valence electrons. The second-order valence-corrected chi connectivity index (χ2v) is 5.88. The van der Waals surface area contributed by atoms with E-state index >= 15 is 0 Å². The minimum absolute atomic E-state index is 0.575. The maximum Gasteiger partial charge on any atom is 0.120 e. The highest BCUT2D eigenvalue weighted by Gasteiger charge is 2.19. The van der Waals surface area contributed by atoms with E-state index in [0.717, 1.165) is 37.8 Å². The quantitative estimate of drug-likeness (QED) is 0.893. The Kier molecular flexibility index (Phi) is 5.26. The average molecular weight is 277 g/mol. The number of anilines is 1. The highest BCUT2D eigenvalue weighted by atomic mass is 16.5. The third kappa shape index (κ3) is 3.64. The van der Waals surface area contributed by atoms with Crippen LogP contribution in [-0.4, -0.2) is 44.7 Å². The molecule has 0 aromatic heterocycles. The summed E-state index contributed by atoms with van der Waals surface area (Å²) in [5.41, 5.74) is 8.29. The van der Waals surface area contributed by atoms with Gasteiger partial charge in [-0.25, -0.2) is 0 Å². The van der Waals surface area contributed by atoms with Crippen LogP contribution in [-0.2, 0) is 6.54 Å². The molecular formula is C16H27N3O. The summed E-state index contributed by atoms with van der Waals surface area (Å²) in [5, 5.41) is 0. The van der Waals surface area contributed by atoms with Crippen molar-refractivity contribution in [3.8, 4) is 5.75 Å². The van der Waals surface area contributed by atoms with Crippen LogP contribution in [0.15, 0.2) is 18.2 Å². The van der Waals surface area contributed by atoms with E-state index in [0.29, 0.717) is 6.54 Å². The van der Waals surface area contributed by atoms with Crippen molar-refractivity contribution in [2.45, 2.75) is 20.4 Å². The Morgan fingerprint density at radius 1 is 1.20 bits per heavy atom. The van der Waals surface area contributed by atoms with Crippen LogP contribution in [0, 0.1) is 5.92 Å². The van der Waals surface area contributed by atoms with Crippen molar-refractivity contribution in [1.82, 2.24) is 4.90 Å². The molecule has 0 unspecified atom stereocenters. The first-order chi connectivity index (χ1) is 9.63. The molecule has 1 fully saturated rings. The Bertz CT molecular complexity index is 426. The topological polar surface area (TPSA) is 41.7 Å². The van der Waals surface area contributed by atoms with Crippen LogP contribution in [0.2, 0.25) is 0 Å². The van der Waals surface area contributed by atoms with Gasteiger partial charge in [-0.2, -0.15) is 0 Å². The number of rotatable bonds is 5. The molecule has 0 bridgehead atoms. The zero-order chi connectivity index (χ0) is 14.5. The number of benzene rings is 1. The lowest BCUT2D eigenvalue weighted by Gasteiger charge is -2.37. The van der Waals surface area contributed by atoms with Crippen molar-refractivity contribution in [1.29, 1.82) is 0 Å². The lowest BCUT2D eigenvalue weighted by atomic mass is 10.1. The number of piperazine rings is 1. The molecule has 20 heavy (non-hydrogen) atoms. The maximum absolute atomic E-state index is 5.86. The first kappa shape index (κ1) is 15.1. The van der Waals surface area contributed by atoms with Crippen molar-refractivity contribution >= 4 is 5.69 Å². The Balaban J connectivity index is 2.05. The molecule has 0 spiro atoms. The fraction of sp³-hybridized carbons (Fsp3) is 0.625. The largest absolute Gasteiger partial charge is 0.497 e. The van der Waals surface area contributed by atoms with E-state index in [9.17, 15) is 0 Å². The van der Waals surface area contributed by atoms with Crippen molar-refractivity contribution < 1.29 is 4.74 Å². The summed E-state index contributed by atoms with van der Waals surface area (Å²) in [4.78, 5) is 4.98. The van der Waals surface area contributed by atoms with Crippen molar-refractivity contribution in [3.63, 3.8) is 0 Å². The van der Waals surface area contributed by atoms with E-state index in [-0.39, 0.29) is 0 Å². The van der Waals surface area contributed by atoms with E-state index in [1.165, 1.54) is 17.8 Å². The predicted molar refractivity (Wildman–Crippen MR) is 84.4 cm³/mol. The second kappa shape index (κ2) is 6.95. The third-order valence-electron chi connectivity index (χ3n) is 3.85. The fourth-order valence-electron chi connectivity index (χ4n) is 2.83. The lowest BCUT2D eigenvalue weighted by molar-refractivity contribution is 0.231. The van der Waals surface area contributed by atoms with Gasteiger partial charge in [0, 0.05) is 51.0 Å². The van der Waals surface area contributed by atoms with Crippen LogP contribution in [0.3, 0.4) is 0 Å². The first-order valence-corrected chi connectivity index (χ1v) is 7.48. The molecule has 0 aliphatic carbocycles. The number of methoxy groups -OCH3 is 1. The summed E-state index contributed by atoms with van der Waals surface area (Å²) in [6.45, 7) is 10.7. The molecule has 1 heterocycles. The second-order valence-electron chi connectivity index (χ2n) is 5.88. The normalized spacial score (nSPS) is 16.8. The molecule has 1 aliphatic heterocycles. The molecule has 2 N–H and O–H groups in total. The predicted octanol–water partition coefficient (Wildman–Crippen LogP) is 1.93. The highest BCUT2D eigenvalue weighted by Crippen LogP contribution is 2.27. The minimum Gasteiger partial charge on any atom is -0.497 e. The van der Waals surface area contributed by atoms with Gasteiger partial charge in [-0.15, -0.1) is 0 Å². The highest BCUT2D eigenvalue weighted by molar-refractivity contribution is 5.57. The summed E-state index contributed by atoms with van der Waals surface area (Å²) in [7, 11) is 1.71. The van der Waals surface area contributed by atoms with Crippen molar-refractivity contribution in [2.24, 2.45) is 11.7 Å². The molecule has 1 aliphatic rings. The Morgan fingerprint density at radius 3 is 2.45 bits per heavy atom. The van der Waals surface area contributed by atoms with Gasteiger partial charge in [0.2, 0.25) is 0 Å². The van der Waals surface area contributed by atoms with Crippen LogP contribution < -0.4 is 15.4 Å². The van der Waals surface area contributed by atoms with E-state index in [1.54, 1.807) is 7.11 Å². The van der Waals surface area contributed by atoms with Crippen LogP contribution in [0.1, 0.15) is 19.4 Å². The SMILES string of the molecule is COc1ccc(CN)c(N2CCN(CC(C)C)CC2)c1. The molecule has 1 aromatic rings. The Morgan fingerprint density at radius 2 is 1.90 bits per heavy atom. The number of nitrogens with zero attached hydrogens (tertiary/aromatic N) is 2. The van der Waals surface area contributed by atoms with Gasteiger partial charge in [0.05, 0.1) is 7.11 Å². The molecule has 0 radical (unpaired) electrons. The van der Waals surface area contributed by atoms with Crippen molar-refractivity contribution in [2.75, 3.05) is 44.7 Å². The Labute approximate surface area is 122 Å². The van der Waals surface area contributed by atoms with E-state index in [4.69, 9.17) is 10.5 Å². The molecule has 2 rings (SSSR count). The van der Waals surface area contributed by atoms with Crippen molar-refractivity contribution in [3.05, 3.63) is 23.8 Å². The summed E-state index contributed by atoms with van der Waals surface area (Å²) in [5.74, 6) is 1.64. The molecule has 0 saturated carbocycles. The number of hydrogen-bond acceptors (Lipinski definition) is 4. The van der Waals surface area contributed by atoms with Crippen LogP contribution in [0.5, 0.6) is 5.75 Å². The van der Waals surface area contributed by atoms with Crippen LogP contribution in [0.25, 0.3) is 0 Å². The Hall–Kier alpha value is -1.26. The standard InChI is InChI=1S/C16H27N3O/c1-13(2)12-18-6-8-19(9-7-18)16-10-15(20-3)5-4-14(16)11-17/h4-5,10,13H,6-9,11-12,17H2,1-3H3. The first-order valence-electron chi connectivity index (χ1n) is 7.48. The monoisotopic (exact) mass is 277 g/mol. The van der Waals surface area contributed by atoms with Gasteiger partial charge in [0.25, 0.3) is 0 Å². The van der Waals surface area contributed by atoms with Gasteiger partial charge in [0.1, 0.15) is 5.75 Å². The molecule has 1 aromatic carbocycles. The molecule has 0 amide bonds. The van der Waals surface area contributed by atoms with Crippen LogP contribution in [0.4, 0.5) is 5.69 Å². The van der Waals surface area contributed by atoms with E-state index < -0.39 is 0 Å². The third-order valence-corrected chi connectivity index (χ3v) is 3.85. The maximum atomic E-state index is 5.86. The lowest BCUT2D eigenvalue weighted by Crippen LogP contribution is -2.47. The zero-order valence-corrected chi connectivity index (χ0v) is 12.9. The van der Waals surface area contributed by atoms with Gasteiger partial charge >= 0.3 is 0 Å². The van der Waals surface area contributed by atoms with Gasteiger partial charge in [-0.1, -0.05) is 19.9 Å².